The molecule has 4 heteroatoms. The van der Waals surface area contributed by atoms with Crippen molar-refractivity contribution in [1.29, 1.82) is 0 Å². The predicted octanol–water partition coefficient (Wildman–Crippen LogP) is 2.88. The van der Waals surface area contributed by atoms with Crippen LogP contribution in [0.1, 0.15) is 45.1 Å². The molecule has 0 amide bonds. The summed E-state index contributed by atoms with van der Waals surface area (Å²) < 4.78 is 0. The third-order valence-corrected chi connectivity index (χ3v) is 3.87. The third kappa shape index (κ3) is 4.17. The lowest BCUT2D eigenvalue weighted by atomic mass is 10.1. The summed E-state index contributed by atoms with van der Waals surface area (Å²) in [5, 5.41) is 3.51. The van der Waals surface area contributed by atoms with Crippen molar-refractivity contribution < 1.29 is 0 Å². The molecule has 20 heavy (non-hydrogen) atoms. The van der Waals surface area contributed by atoms with Crippen LogP contribution in [0.5, 0.6) is 0 Å². The number of hydrogen-bond acceptors (Lipinski definition) is 4. The van der Waals surface area contributed by atoms with Gasteiger partial charge in [-0.3, -0.25) is 4.90 Å². The number of aromatic nitrogens is 2. The summed E-state index contributed by atoms with van der Waals surface area (Å²) in [6.07, 6.45) is 3.58. The first-order chi connectivity index (χ1) is 9.58. The van der Waals surface area contributed by atoms with Crippen molar-refractivity contribution in [1.82, 2.24) is 14.9 Å². The Balaban J connectivity index is 1.92. The zero-order valence-electron chi connectivity index (χ0n) is 13.3. The van der Waals surface area contributed by atoms with Gasteiger partial charge in [-0.05, 0) is 38.6 Å². The predicted molar refractivity (Wildman–Crippen MR) is 84.1 cm³/mol. The van der Waals surface area contributed by atoms with Gasteiger partial charge in [0.2, 0.25) is 0 Å². The number of nitrogens with zero attached hydrogens (tertiary/aromatic N) is 3. The average Bonchev–Trinajstić information content (AvgIpc) is 2.82. The number of likely N-dealkylation sites (tertiary alicyclic amines) is 1. The van der Waals surface area contributed by atoms with Crippen molar-refractivity contribution in [3.05, 3.63) is 17.6 Å². The Morgan fingerprint density at radius 1 is 1.40 bits per heavy atom. The molecule has 0 unspecified atom stereocenters. The van der Waals surface area contributed by atoms with Gasteiger partial charge >= 0.3 is 0 Å². The van der Waals surface area contributed by atoms with E-state index in [1.54, 1.807) is 0 Å². The summed E-state index contributed by atoms with van der Waals surface area (Å²) >= 11 is 0. The van der Waals surface area contributed by atoms with Crippen LogP contribution in [-0.4, -0.2) is 40.5 Å². The fourth-order valence-corrected chi connectivity index (χ4v) is 2.96. The van der Waals surface area contributed by atoms with E-state index in [-0.39, 0.29) is 0 Å². The number of anilines is 1. The largest absolute Gasteiger partial charge is 0.368 e. The van der Waals surface area contributed by atoms with Gasteiger partial charge in [0, 0.05) is 30.9 Å². The molecule has 1 saturated heterocycles. The highest BCUT2D eigenvalue weighted by Gasteiger charge is 2.24. The molecule has 1 N–H and O–H groups in total. The lowest BCUT2D eigenvalue weighted by molar-refractivity contribution is 0.234. The monoisotopic (exact) mass is 276 g/mol. The average molecular weight is 276 g/mol. The Labute approximate surface area is 123 Å². The highest BCUT2D eigenvalue weighted by Crippen LogP contribution is 2.19. The highest BCUT2D eigenvalue weighted by atomic mass is 15.2. The van der Waals surface area contributed by atoms with E-state index < -0.39 is 0 Å². The molecule has 112 valence electrons. The third-order valence-electron chi connectivity index (χ3n) is 3.87. The van der Waals surface area contributed by atoms with Crippen LogP contribution in [0.2, 0.25) is 0 Å². The molecule has 1 fully saturated rings. The topological polar surface area (TPSA) is 41.0 Å². The summed E-state index contributed by atoms with van der Waals surface area (Å²) in [7, 11) is 0. The molecule has 0 aliphatic carbocycles. The molecule has 0 aromatic carbocycles. The minimum atomic E-state index is 0.651. The Kier molecular flexibility index (Phi) is 5.35. The minimum absolute atomic E-state index is 0.651. The van der Waals surface area contributed by atoms with E-state index in [0.717, 1.165) is 36.2 Å². The van der Waals surface area contributed by atoms with Gasteiger partial charge in [0.15, 0.2) is 0 Å². The van der Waals surface area contributed by atoms with Crippen LogP contribution >= 0.6 is 0 Å². The van der Waals surface area contributed by atoms with Gasteiger partial charge in [-0.1, -0.05) is 20.8 Å². The summed E-state index contributed by atoms with van der Waals surface area (Å²) in [6, 6.07) is 2.73. The molecule has 1 atom stereocenters. The van der Waals surface area contributed by atoms with Crippen LogP contribution in [-0.2, 0) is 6.42 Å². The van der Waals surface area contributed by atoms with Gasteiger partial charge < -0.3 is 5.32 Å². The normalized spacial score (nSPS) is 19.8. The van der Waals surface area contributed by atoms with Crippen molar-refractivity contribution in [3.63, 3.8) is 0 Å². The maximum atomic E-state index is 4.49. The molecule has 0 radical (unpaired) electrons. The molecule has 0 spiro atoms. The van der Waals surface area contributed by atoms with Crippen LogP contribution in [0.4, 0.5) is 5.82 Å². The zero-order chi connectivity index (χ0) is 14.5. The summed E-state index contributed by atoms with van der Waals surface area (Å²) in [5.41, 5.74) is 1.12. The first-order valence-electron chi connectivity index (χ1n) is 7.91. The summed E-state index contributed by atoms with van der Waals surface area (Å²) in [4.78, 5) is 11.5. The van der Waals surface area contributed by atoms with Crippen LogP contribution in [0, 0.1) is 12.8 Å². The lowest BCUT2D eigenvalue weighted by Gasteiger charge is -2.26. The van der Waals surface area contributed by atoms with Crippen LogP contribution in [0.25, 0.3) is 0 Å². The molecule has 2 rings (SSSR count). The van der Waals surface area contributed by atoms with Crippen molar-refractivity contribution in [2.45, 2.75) is 53.0 Å². The van der Waals surface area contributed by atoms with Gasteiger partial charge in [0.05, 0.1) is 0 Å². The second-order valence-electron chi connectivity index (χ2n) is 6.21. The van der Waals surface area contributed by atoms with Crippen LogP contribution in [0.15, 0.2) is 6.07 Å². The Hall–Kier alpha value is -1.16. The standard InChI is InChI=1S/C16H28N4/c1-5-14-9-16(19-13(4)18-14)17-10-15-7-6-8-20(15)11-12(2)3/h9,12,15H,5-8,10-11H2,1-4H3,(H,17,18,19)/t15-/m0/s1. The maximum Gasteiger partial charge on any atom is 0.129 e. The second kappa shape index (κ2) is 7.02. The Morgan fingerprint density at radius 3 is 2.90 bits per heavy atom. The molecule has 0 bridgehead atoms. The smallest absolute Gasteiger partial charge is 0.129 e. The van der Waals surface area contributed by atoms with E-state index >= 15 is 0 Å². The van der Waals surface area contributed by atoms with Gasteiger partial charge in [-0.15, -0.1) is 0 Å². The fourth-order valence-electron chi connectivity index (χ4n) is 2.96. The molecular formula is C16H28N4. The highest BCUT2D eigenvalue weighted by molar-refractivity contribution is 5.36. The molecule has 2 heterocycles. The van der Waals surface area contributed by atoms with Crippen molar-refractivity contribution in [3.8, 4) is 0 Å². The van der Waals surface area contributed by atoms with E-state index in [2.05, 4.69) is 47.0 Å². The SMILES string of the molecule is CCc1cc(NC[C@@H]2CCCN2CC(C)C)nc(C)n1. The first kappa shape index (κ1) is 15.2. The van der Waals surface area contributed by atoms with Crippen LogP contribution < -0.4 is 5.32 Å². The van der Waals surface area contributed by atoms with Crippen molar-refractivity contribution in [2.24, 2.45) is 5.92 Å². The molecule has 4 nitrogen and oxygen atoms in total. The summed E-state index contributed by atoms with van der Waals surface area (Å²) in [6.45, 7) is 12.1. The zero-order valence-corrected chi connectivity index (χ0v) is 13.3. The van der Waals surface area contributed by atoms with E-state index in [4.69, 9.17) is 0 Å². The Morgan fingerprint density at radius 2 is 2.20 bits per heavy atom. The quantitative estimate of drug-likeness (QED) is 0.867. The number of aryl methyl sites for hydroxylation is 2. The molecule has 1 aliphatic heterocycles. The number of nitrogens with one attached hydrogen (secondary N) is 1. The van der Waals surface area contributed by atoms with Crippen molar-refractivity contribution in [2.75, 3.05) is 25.0 Å². The van der Waals surface area contributed by atoms with Crippen LogP contribution in [0.3, 0.4) is 0 Å². The number of rotatable bonds is 6. The van der Waals surface area contributed by atoms with Gasteiger partial charge in [-0.2, -0.15) is 0 Å². The van der Waals surface area contributed by atoms with Gasteiger partial charge in [0.1, 0.15) is 11.6 Å². The first-order valence-corrected chi connectivity index (χ1v) is 7.91. The van der Waals surface area contributed by atoms with E-state index in [0.29, 0.717) is 6.04 Å². The van der Waals surface area contributed by atoms with Crippen molar-refractivity contribution >= 4 is 5.82 Å². The Bertz CT molecular complexity index is 430. The minimum Gasteiger partial charge on any atom is -0.368 e. The molecule has 1 aromatic rings. The fraction of sp³-hybridized carbons (Fsp3) is 0.750. The maximum absolute atomic E-state index is 4.49. The molecule has 0 saturated carbocycles. The van der Waals surface area contributed by atoms with Gasteiger partial charge in [-0.25, -0.2) is 9.97 Å². The summed E-state index contributed by atoms with van der Waals surface area (Å²) in [5.74, 6) is 2.58. The van der Waals surface area contributed by atoms with E-state index in [9.17, 15) is 0 Å². The molecule has 1 aliphatic rings. The molecular weight excluding hydrogens is 248 g/mol. The van der Waals surface area contributed by atoms with Gasteiger partial charge in [0.25, 0.3) is 0 Å². The lowest BCUT2D eigenvalue weighted by Crippen LogP contribution is -2.37. The van der Waals surface area contributed by atoms with E-state index in [1.807, 2.05) is 6.92 Å². The molecule has 1 aromatic heterocycles. The second-order valence-corrected chi connectivity index (χ2v) is 6.21. The van der Waals surface area contributed by atoms with E-state index in [1.165, 1.54) is 25.9 Å². The number of hydrogen-bond donors (Lipinski definition) is 1.